The van der Waals surface area contributed by atoms with Crippen LogP contribution in [0.1, 0.15) is 37.2 Å². The average Bonchev–Trinajstić information content (AvgIpc) is 2.75. The van der Waals surface area contributed by atoms with Crippen molar-refractivity contribution >= 4 is 45.2 Å². The Kier molecular flexibility index (Phi) is 4.59. The highest BCUT2D eigenvalue weighted by atomic mass is 127. The van der Waals surface area contributed by atoms with Gasteiger partial charge in [-0.15, -0.1) is 0 Å². The topological polar surface area (TPSA) is 18.5 Å². The molecule has 0 bridgehead atoms. The van der Waals surface area contributed by atoms with E-state index in [0.717, 1.165) is 0 Å². The molecule has 0 aliphatic carbocycles. The van der Waals surface area contributed by atoms with Crippen LogP contribution in [-0.2, 0) is 9.47 Å². The standard InChI is InChI=1S/C17H16I2O2/c1-17(2)20-15(11-7-3-5-9-13(11)18)16(21-17)12-8-4-6-10-14(12)19/h3-10,15-16H,1-2H3/t15-,16-/m1/s1. The molecule has 0 amide bonds. The van der Waals surface area contributed by atoms with Gasteiger partial charge in [0.2, 0.25) is 0 Å². The van der Waals surface area contributed by atoms with E-state index in [1.165, 1.54) is 18.3 Å². The lowest BCUT2D eigenvalue weighted by molar-refractivity contribution is -0.147. The molecule has 0 saturated carbocycles. The fourth-order valence-electron chi connectivity index (χ4n) is 2.63. The van der Waals surface area contributed by atoms with Gasteiger partial charge in [-0.1, -0.05) is 36.4 Å². The molecule has 4 heteroatoms. The molecule has 0 unspecified atom stereocenters. The van der Waals surface area contributed by atoms with Crippen molar-refractivity contribution in [2.75, 3.05) is 0 Å². The Labute approximate surface area is 152 Å². The van der Waals surface area contributed by atoms with Crippen LogP contribution in [0.4, 0.5) is 0 Å². The zero-order chi connectivity index (χ0) is 15.0. The van der Waals surface area contributed by atoms with Crippen LogP contribution in [0.3, 0.4) is 0 Å². The Balaban J connectivity index is 2.06. The maximum atomic E-state index is 6.21. The Hall–Kier alpha value is -0.180. The number of rotatable bonds is 2. The predicted molar refractivity (Wildman–Crippen MR) is 100 cm³/mol. The molecular formula is C17H16I2O2. The first kappa shape index (κ1) is 15.7. The summed E-state index contributed by atoms with van der Waals surface area (Å²) < 4.78 is 14.8. The lowest BCUT2D eigenvalue weighted by Gasteiger charge is -2.19. The molecule has 2 aromatic rings. The molecule has 21 heavy (non-hydrogen) atoms. The van der Waals surface area contributed by atoms with E-state index in [1.54, 1.807) is 0 Å². The summed E-state index contributed by atoms with van der Waals surface area (Å²) in [5.41, 5.74) is 2.38. The van der Waals surface area contributed by atoms with Gasteiger partial charge in [-0.25, -0.2) is 0 Å². The van der Waals surface area contributed by atoms with Gasteiger partial charge >= 0.3 is 0 Å². The quantitative estimate of drug-likeness (QED) is 0.504. The summed E-state index contributed by atoms with van der Waals surface area (Å²) in [4.78, 5) is 0. The molecule has 1 heterocycles. The number of halogens is 2. The van der Waals surface area contributed by atoms with Gasteiger partial charge < -0.3 is 9.47 Å². The van der Waals surface area contributed by atoms with Gasteiger partial charge in [0.25, 0.3) is 0 Å². The minimum Gasteiger partial charge on any atom is -0.339 e. The monoisotopic (exact) mass is 506 g/mol. The van der Waals surface area contributed by atoms with Crippen LogP contribution in [0, 0.1) is 7.14 Å². The molecule has 110 valence electrons. The molecule has 2 aromatic carbocycles. The summed E-state index contributed by atoms with van der Waals surface area (Å²) >= 11 is 4.73. The Bertz CT molecular complexity index is 599. The fourth-order valence-corrected chi connectivity index (χ4v) is 4.02. The smallest absolute Gasteiger partial charge is 0.164 e. The summed E-state index contributed by atoms with van der Waals surface area (Å²) in [5.74, 6) is -0.576. The molecule has 3 rings (SSSR count). The molecule has 1 saturated heterocycles. The summed E-state index contributed by atoms with van der Waals surface area (Å²) in [6.07, 6.45) is -0.159. The molecule has 1 fully saturated rings. The van der Waals surface area contributed by atoms with E-state index in [9.17, 15) is 0 Å². The molecule has 0 spiro atoms. The maximum Gasteiger partial charge on any atom is 0.164 e. The average molecular weight is 506 g/mol. The molecular weight excluding hydrogens is 490 g/mol. The van der Waals surface area contributed by atoms with Gasteiger partial charge in [-0.2, -0.15) is 0 Å². The molecule has 2 atom stereocenters. The van der Waals surface area contributed by atoms with Crippen molar-refractivity contribution in [3.05, 3.63) is 66.8 Å². The second kappa shape index (κ2) is 6.14. The van der Waals surface area contributed by atoms with E-state index >= 15 is 0 Å². The van der Waals surface area contributed by atoms with Crippen molar-refractivity contribution in [3.63, 3.8) is 0 Å². The summed E-state index contributed by atoms with van der Waals surface area (Å²) in [6, 6.07) is 16.7. The van der Waals surface area contributed by atoms with Crippen LogP contribution in [0.25, 0.3) is 0 Å². The van der Waals surface area contributed by atoms with Crippen molar-refractivity contribution < 1.29 is 9.47 Å². The minimum absolute atomic E-state index is 0.0796. The van der Waals surface area contributed by atoms with Crippen molar-refractivity contribution in [2.24, 2.45) is 0 Å². The minimum atomic E-state index is -0.576. The highest BCUT2D eigenvalue weighted by molar-refractivity contribution is 14.1. The second-order valence-electron chi connectivity index (χ2n) is 5.52. The Morgan fingerprint density at radius 1 is 0.762 bits per heavy atom. The van der Waals surface area contributed by atoms with Crippen molar-refractivity contribution in [1.29, 1.82) is 0 Å². The molecule has 0 N–H and O–H groups in total. The van der Waals surface area contributed by atoms with Crippen molar-refractivity contribution in [2.45, 2.75) is 31.8 Å². The maximum absolute atomic E-state index is 6.21. The first-order chi connectivity index (χ1) is 9.98. The van der Waals surface area contributed by atoms with Gasteiger partial charge in [-0.3, -0.25) is 0 Å². The lowest BCUT2D eigenvalue weighted by Crippen LogP contribution is -2.20. The van der Waals surface area contributed by atoms with Crippen LogP contribution in [0.15, 0.2) is 48.5 Å². The van der Waals surface area contributed by atoms with Gasteiger partial charge in [-0.05, 0) is 82.3 Å². The normalized spacial score (nSPS) is 24.2. The SMILES string of the molecule is CC1(C)O[C@H](c2ccccc2I)[C@@H](c2ccccc2I)O1. The van der Waals surface area contributed by atoms with Crippen LogP contribution >= 0.6 is 45.2 Å². The third kappa shape index (κ3) is 3.28. The summed E-state index contributed by atoms with van der Waals surface area (Å²) in [7, 11) is 0. The second-order valence-corrected chi connectivity index (χ2v) is 7.84. The Morgan fingerprint density at radius 3 is 1.52 bits per heavy atom. The van der Waals surface area contributed by atoms with Gasteiger partial charge in [0, 0.05) is 7.14 Å². The van der Waals surface area contributed by atoms with E-state index in [2.05, 4.69) is 81.6 Å². The number of hydrogen-bond donors (Lipinski definition) is 0. The van der Waals surface area contributed by atoms with E-state index in [0.29, 0.717) is 0 Å². The van der Waals surface area contributed by atoms with Crippen LogP contribution < -0.4 is 0 Å². The molecule has 0 radical (unpaired) electrons. The highest BCUT2D eigenvalue weighted by Crippen LogP contribution is 2.48. The number of ether oxygens (including phenoxy) is 2. The van der Waals surface area contributed by atoms with Crippen LogP contribution in [0.5, 0.6) is 0 Å². The van der Waals surface area contributed by atoms with Gasteiger partial charge in [0.1, 0.15) is 12.2 Å². The van der Waals surface area contributed by atoms with E-state index < -0.39 is 5.79 Å². The summed E-state index contributed by atoms with van der Waals surface area (Å²) in [6.45, 7) is 3.96. The van der Waals surface area contributed by atoms with Crippen molar-refractivity contribution in [3.8, 4) is 0 Å². The Morgan fingerprint density at radius 2 is 1.14 bits per heavy atom. The van der Waals surface area contributed by atoms with E-state index in [-0.39, 0.29) is 12.2 Å². The third-order valence-electron chi connectivity index (χ3n) is 3.52. The first-order valence-corrected chi connectivity index (χ1v) is 8.98. The largest absolute Gasteiger partial charge is 0.339 e. The summed E-state index contributed by atoms with van der Waals surface area (Å²) in [5, 5.41) is 0. The molecule has 2 nitrogen and oxygen atoms in total. The molecule has 0 aromatic heterocycles. The van der Waals surface area contributed by atoms with E-state index in [4.69, 9.17) is 9.47 Å². The fraction of sp³-hybridized carbons (Fsp3) is 0.294. The number of hydrogen-bond acceptors (Lipinski definition) is 2. The van der Waals surface area contributed by atoms with Gasteiger partial charge in [0.15, 0.2) is 5.79 Å². The zero-order valence-corrected chi connectivity index (χ0v) is 16.2. The molecule has 1 aliphatic rings. The zero-order valence-electron chi connectivity index (χ0n) is 11.8. The van der Waals surface area contributed by atoms with Gasteiger partial charge in [0.05, 0.1) is 0 Å². The van der Waals surface area contributed by atoms with E-state index in [1.807, 2.05) is 26.0 Å². The van der Waals surface area contributed by atoms with Crippen molar-refractivity contribution in [1.82, 2.24) is 0 Å². The third-order valence-corrected chi connectivity index (χ3v) is 5.48. The first-order valence-electron chi connectivity index (χ1n) is 6.82. The number of benzene rings is 2. The van der Waals surface area contributed by atoms with Crippen LogP contribution in [-0.4, -0.2) is 5.79 Å². The van der Waals surface area contributed by atoms with Crippen LogP contribution in [0.2, 0.25) is 0 Å². The lowest BCUT2D eigenvalue weighted by atomic mass is 9.98. The molecule has 1 aliphatic heterocycles. The highest BCUT2D eigenvalue weighted by Gasteiger charge is 2.44. The predicted octanol–water partition coefficient (Wildman–Crippen LogP) is 5.46.